The molecule has 0 saturated carbocycles. The number of hydrogen-bond donors (Lipinski definition) is 0. The Morgan fingerprint density at radius 2 is 2.24 bits per heavy atom. The molecule has 0 aromatic rings. The topological polar surface area (TPSA) is 78.3 Å². The molecule has 0 radical (unpaired) electrons. The molecule has 2 atom stereocenters. The predicted molar refractivity (Wildman–Crippen MR) is 64.5 cm³/mol. The average molecular weight is 240 g/mol. The lowest BCUT2D eigenvalue weighted by atomic mass is 10.0. The lowest BCUT2D eigenvalue weighted by molar-refractivity contribution is 0.0287. The summed E-state index contributed by atoms with van der Waals surface area (Å²) >= 11 is 0. The molecule has 0 aliphatic carbocycles. The van der Waals surface area contributed by atoms with Gasteiger partial charge in [-0.15, -0.1) is 0 Å². The zero-order valence-corrected chi connectivity index (χ0v) is 10.9. The predicted octanol–water partition coefficient (Wildman–Crippen LogP) is 2.94. The molecule has 1 amide bonds. The Morgan fingerprint density at radius 1 is 1.59 bits per heavy atom. The fourth-order valence-electron chi connectivity index (χ4n) is 1.85. The summed E-state index contributed by atoms with van der Waals surface area (Å²) in [7, 11) is 0. The molecule has 1 unspecified atom stereocenters. The van der Waals surface area contributed by atoms with Crippen LogP contribution in [-0.2, 0) is 4.74 Å². The van der Waals surface area contributed by atoms with E-state index < -0.39 is 5.60 Å². The molecule has 6 heteroatoms. The first-order valence-electron chi connectivity index (χ1n) is 5.85. The summed E-state index contributed by atoms with van der Waals surface area (Å²) in [6, 6.07) is -0.0764. The number of azide groups is 1. The van der Waals surface area contributed by atoms with Crippen LogP contribution in [0.5, 0.6) is 0 Å². The number of likely N-dealkylation sites (tertiary alicyclic amines) is 1. The smallest absolute Gasteiger partial charge is 0.410 e. The first-order chi connectivity index (χ1) is 7.83. The number of carbonyl (C=O) groups excluding carboxylic acids is 1. The van der Waals surface area contributed by atoms with Crippen LogP contribution in [0.1, 0.15) is 34.1 Å². The van der Waals surface area contributed by atoms with E-state index in [4.69, 9.17) is 10.3 Å². The number of carbonyl (C=O) groups is 1. The summed E-state index contributed by atoms with van der Waals surface area (Å²) in [6.45, 7) is 8.70. The second kappa shape index (κ2) is 5.27. The van der Waals surface area contributed by atoms with Gasteiger partial charge in [0.05, 0.1) is 0 Å². The van der Waals surface area contributed by atoms with Gasteiger partial charge in [-0.3, -0.25) is 0 Å². The van der Waals surface area contributed by atoms with Crippen molar-refractivity contribution in [2.75, 3.05) is 13.1 Å². The first kappa shape index (κ1) is 13.6. The number of amides is 1. The van der Waals surface area contributed by atoms with Crippen molar-refractivity contribution in [3.8, 4) is 0 Å². The minimum atomic E-state index is -0.467. The monoisotopic (exact) mass is 240 g/mol. The summed E-state index contributed by atoms with van der Waals surface area (Å²) in [4.78, 5) is 16.3. The van der Waals surface area contributed by atoms with E-state index in [-0.39, 0.29) is 18.1 Å². The van der Waals surface area contributed by atoms with Crippen LogP contribution in [0.2, 0.25) is 0 Å². The molecular formula is C11H20N4O2. The van der Waals surface area contributed by atoms with Gasteiger partial charge in [0.15, 0.2) is 0 Å². The van der Waals surface area contributed by atoms with E-state index in [1.54, 1.807) is 4.90 Å². The molecule has 6 nitrogen and oxygen atoms in total. The third-order valence-corrected chi connectivity index (χ3v) is 2.79. The molecule has 1 saturated heterocycles. The van der Waals surface area contributed by atoms with Crippen molar-refractivity contribution >= 4 is 6.09 Å². The molecule has 0 N–H and O–H groups in total. The largest absolute Gasteiger partial charge is 0.444 e. The maximum Gasteiger partial charge on any atom is 0.410 e. The van der Waals surface area contributed by atoms with Crippen molar-refractivity contribution in [2.45, 2.75) is 45.8 Å². The molecule has 1 fully saturated rings. The Morgan fingerprint density at radius 3 is 2.76 bits per heavy atom. The highest BCUT2D eigenvalue weighted by molar-refractivity contribution is 5.68. The highest BCUT2D eigenvalue weighted by Crippen LogP contribution is 2.23. The van der Waals surface area contributed by atoms with Crippen LogP contribution in [0, 0.1) is 5.92 Å². The Kier molecular flexibility index (Phi) is 4.23. The second-order valence-electron chi connectivity index (χ2n) is 5.42. The van der Waals surface area contributed by atoms with Gasteiger partial charge in [0.1, 0.15) is 5.60 Å². The maximum absolute atomic E-state index is 11.8. The highest BCUT2D eigenvalue weighted by Gasteiger charge is 2.31. The van der Waals surface area contributed by atoms with Gasteiger partial charge in [-0.2, -0.15) is 0 Å². The first-order valence-corrected chi connectivity index (χ1v) is 5.85. The Labute approximate surface area is 102 Å². The highest BCUT2D eigenvalue weighted by atomic mass is 16.6. The number of hydrogen-bond acceptors (Lipinski definition) is 3. The molecule has 0 aromatic heterocycles. The molecule has 0 bridgehead atoms. The van der Waals surface area contributed by atoms with Gasteiger partial charge in [-0.05, 0) is 38.6 Å². The average Bonchev–Trinajstić information content (AvgIpc) is 2.63. The van der Waals surface area contributed by atoms with E-state index in [1.165, 1.54) is 0 Å². The third-order valence-electron chi connectivity index (χ3n) is 2.79. The van der Waals surface area contributed by atoms with E-state index >= 15 is 0 Å². The van der Waals surface area contributed by atoms with Crippen LogP contribution in [0.4, 0.5) is 4.79 Å². The SMILES string of the molecule is CC(N=[N+]=[N-])[C@H]1CCN(C(=O)OC(C)(C)C)C1. The van der Waals surface area contributed by atoms with E-state index in [9.17, 15) is 4.79 Å². The maximum atomic E-state index is 11.8. The fourth-order valence-corrected chi connectivity index (χ4v) is 1.85. The van der Waals surface area contributed by atoms with Crippen LogP contribution < -0.4 is 0 Å². The lowest BCUT2D eigenvalue weighted by Gasteiger charge is -2.24. The summed E-state index contributed by atoms with van der Waals surface area (Å²) in [5, 5.41) is 3.68. The van der Waals surface area contributed by atoms with E-state index in [2.05, 4.69) is 10.0 Å². The minimum absolute atomic E-state index is 0.0764. The van der Waals surface area contributed by atoms with Crippen molar-refractivity contribution in [3.05, 3.63) is 10.4 Å². The summed E-state index contributed by atoms with van der Waals surface area (Å²) < 4.78 is 5.29. The van der Waals surface area contributed by atoms with E-state index in [0.29, 0.717) is 13.1 Å². The van der Waals surface area contributed by atoms with Crippen LogP contribution in [0.3, 0.4) is 0 Å². The van der Waals surface area contributed by atoms with Gasteiger partial charge in [0.2, 0.25) is 0 Å². The summed E-state index contributed by atoms with van der Waals surface area (Å²) in [5.41, 5.74) is 7.91. The van der Waals surface area contributed by atoms with Crippen molar-refractivity contribution in [1.29, 1.82) is 0 Å². The Balaban J connectivity index is 2.50. The number of rotatable bonds is 2. The van der Waals surface area contributed by atoms with Gasteiger partial charge < -0.3 is 9.64 Å². The van der Waals surface area contributed by atoms with Gasteiger partial charge >= 0.3 is 6.09 Å². The van der Waals surface area contributed by atoms with Gasteiger partial charge in [0, 0.05) is 24.0 Å². The van der Waals surface area contributed by atoms with Gasteiger partial charge in [-0.25, -0.2) is 4.79 Å². The van der Waals surface area contributed by atoms with Crippen LogP contribution in [0.15, 0.2) is 5.11 Å². The van der Waals surface area contributed by atoms with Crippen LogP contribution >= 0.6 is 0 Å². The van der Waals surface area contributed by atoms with Crippen LogP contribution in [0.25, 0.3) is 10.4 Å². The molecule has 1 aliphatic heterocycles. The van der Waals surface area contributed by atoms with Gasteiger partial charge in [0.25, 0.3) is 0 Å². The van der Waals surface area contributed by atoms with Crippen molar-refractivity contribution in [2.24, 2.45) is 11.0 Å². The fraction of sp³-hybridized carbons (Fsp3) is 0.909. The zero-order chi connectivity index (χ0) is 13.1. The molecular weight excluding hydrogens is 220 g/mol. The Bertz CT molecular complexity index is 331. The standard InChI is InChI=1S/C11H20N4O2/c1-8(13-14-12)9-5-6-15(7-9)10(16)17-11(2,3)4/h8-9H,5-7H2,1-4H3/t8?,9-/m0/s1. The lowest BCUT2D eigenvalue weighted by Crippen LogP contribution is -2.35. The molecule has 1 aliphatic rings. The van der Waals surface area contributed by atoms with E-state index in [1.807, 2.05) is 27.7 Å². The quantitative estimate of drug-likeness (QED) is 0.422. The number of ether oxygens (including phenoxy) is 1. The van der Waals surface area contributed by atoms with Crippen molar-refractivity contribution in [3.63, 3.8) is 0 Å². The summed E-state index contributed by atoms with van der Waals surface area (Å²) in [6.07, 6.45) is 0.576. The van der Waals surface area contributed by atoms with Crippen molar-refractivity contribution < 1.29 is 9.53 Å². The summed E-state index contributed by atoms with van der Waals surface area (Å²) in [5.74, 6) is 0.235. The molecule has 0 spiro atoms. The van der Waals surface area contributed by atoms with Crippen LogP contribution in [-0.4, -0.2) is 35.7 Å². The normalized spacial score (nSPS) is 21.9. The van der Waals surface area contributed by atoms with E-state index in [0.717, 1.165) is 6.42 Å². The molecule has 1 heterocycles. The Hall–Kier alpha value is -1.42. The second-order valence-corrected chi connectivity index (χ2v) is 5.42. The van der Waals surface area contributed by atoms with Crippen molar-refractivity contribution in [1.82, 2.24) is 4.90 Å². The molecule has 96 valence electrons. The van der Waals surface area contributed by atoms with Gasteiger partial charge in [-0.1, -0.05) is 12.0 Å². The zero-order valence-electron chi connectivity index (χ0n) is 10.9. The number of nitrogens with zero attached hydrogens (tertiary/aromatic N) is 4. The third kappa shape index (κ3) is 4.15. The molecule has 0 aromatic carbocycles. The molecule has 1 rings (SSSR count). The molecule has 17 heavy (non-hydrogen) atoms. The minimum Gasteiger partial charge on any atom is -0.444 e.